The number of rotatable bonds is 3. The van der Waals surface area contributed by atoms with Crippen LogP contribution in [0.1, 0.15) is 13.3 Å². The third-order valence-electron chi connectivity index (χ3n) is 2.66. The van der Waals surface area contributed by atoms with Crippen molar-refractivity contribution in [3.63, 3.8) is 0 Å². The molecule has 1 aromatic carbocycles. The number of para-hydroxylation sites is 1. The van der Waals surface area contributed by atoms with Crippen LogP contribution in [0.3, 0.4) is 0 Å². The molecule has 5 nitrogen and oxygen atoms in total. The molecule has 0 saturated heterocycles. The number of carbonyl (C=O) groups excluding carboxylic acids is 2. The van der Waals surface area contributed by atoms with Crippen LogP contribution in [0.4, 0.5) is 5.69 Å². The van der Waals surface area contributed by atoms with Crippen LogP contribution in [-0.2, 0) is 14.3 Å². The standard InChI is InChI=1S/C13H14N2O3/c1-2-18-13(17)10-8-11(16)15(12(10)14)9-6-4-3-5-7-9/h3-7H,2,8,14H2,1H3. The summed E-state index contributed by atoms with van der Waals surface area (Å²) in [7, 11) is 0. The first-order valence-electron chi connectivity index (χ1n) is 5.69. The van der Waals surface area contributed by atoms with E-state index in [0.29, 0.717) is 5.69 Å². The highest BCUT2D eigenvalue weighted by Gasteiger charge is 2.33. The Hall–Kier alpha value is -2.30. The first-order valence-corrected chi connectivity index (χ1v) is 5.69. The van der Waals surface area contributed by atoms with Crippen LogP contribution < -0.4 is 10.6 Å². The summed E-state index contributed by atoms with van der Waals surface area (Å²) in [6, 6.07) is 8.98. The first kappa shape index (κ1) is 12.2. The average Bonchev–Trinajstić information content (AvgIpc) is 2.66. The molecule has 18 heavy (non-hydrogen) atoms. The molecule has 0 aliphatic carbocycles. The largest absolute Gasteiger partial charge is 0.463 e. The first-order chi connectivity index (χ1) is 8.65. The minimum atomic E-state index is -0.526. The van der Waals surface area contributed by atoms with Crippen LogP contribution in [-0.4, -0.2) is 18.5 Å². The molecule has 1 aromatic rings. The van der Waals surface area contributed by atoms with E-state index < -0.39 is 5.97 Å². The van der Waals surface area contributed by atoms with E-state index in [-0.39, 0.29) is 30.3 Å². The topological polar surface area (TPSA) is 72.6 Å². The SMILES string of the molecule is CCOC(=O)C1=C(N)N(c2ccccc2)C(=O)C1. The van der Waals surface area contributed by atoms with Crippen molar-refractivity contribution in [3.05, 3.63) is 41.7 Å². The van der Waals surface area contributed by atoms with Gasteiger partial charge in [0.2, 0.25) is 5.91 Å². The van der Waals surface area contributed by atoms with Crippen LogP contribution in [0, 0.1) is 0 Å². The van der Waals surface area contributed by atoms with Crippen molar-refractivity contribution in [2.75, 3.05) is 11.5 Å². The smallest absolute Gasteiger partial charge is 0.338 e. The van der Waals surface area contributed by atoms with Crippen LogP contribution in [0.25, 0.3) is 0 Å². The van der Waals surface area contributed by atoms with E-state index in [1.165, 1.54) is 4.90 Å². The normalized spacial score (nSPS) is 15.2. The molecule has 0 unspecified atom stereocenters. The van der Waals surface area contributed by atoms with E-state index in [2.05, 4.69) is 0 Å². The van der Waals surface area contributed by atoms with E-state index in [1.807, 2.05) is 6.07 Å². The second kappa shape index (κ2) is 4.91. The number of hydrogen-bond acceptors (Lipinski definition) is 4. The van der Waals surface area contributed by atoms with Crippen molar-refractivity contribution in [1.29, 1.82) is 0 Å². The molecular formula is C13H14N2O3. The van der Waals surface area contributed by atoms with Crippen LogP contribution in [0.2, 0.25) is 0 Å². The van der Waals surface area contributed by atoms with Crippen molar-refractivity contribution in [1.82, 2.24) is 0 Å². The number of nitrogens with two attached hydrogens (primary N) is 1. The molecule has 1 heterocycles. The highest BCUT2D eigenvalue weighted by Crippen LogP contribution is 2.27. The number of esters is 1. The van der Waals surface area contributed by atoms with Crippen molar-refractivity contribution < 1.29 is 14.3 Å². The summed E-state index contributed by atoms with van der Waals surface area (Å²) in [5, 5.41) is 0. The number of benzene rings is 1. The molecule has 1 aliphatic heterocycles. The summed E-state index contributed by atoms with van der Waals surface area (Å²) in [6.07, 6.45) is -0.0143. The van der Waals surface area contributed by atoms with E-state index in [4.69, 9.17) is 10.5 Å². The van der Waals surface area contributed by atoms with Gasteiger partial charge in [0.25, 0.3) is 0 Å². The minimum Gasteiger partial charge on any atom is -0.463 e. The molecule has 0 bridgehead atoms. The molecule has 0 atom stereocenters. The summed E-state index contributed by atoms with van der Waals surface area (Å²) in [4.78, 5) is 24.9. The molecule has 0 aromatic heterocycles. The zero-order chi connectivity index (χ0) is 13.1. The van der Waals surface area contributed by atoms with Crippen LogP contribution in [0.5, 0.6) is 0 Å². The van der Waals surface area contributed by atoms with Gasteiger partial charge in [-0.25, -0.2) is 4.79 Å². The lowest BCUT2D eigenvalue weighted by Crippen LogP contribution is -2.28. The fourth-order valence-corrected chi connectivity index (χ4v) is 1.85. The van der Waals surface area contributed by atoms with E-state index >= 15 is 0 Å². The lowest BCUT2D eigenvalue weighted by Gasteiger charge is -2.17. The van der Waals surface area contributed by atoms with Gasteiger partial charge < -0.3 is 10.5 Å². The zero-order valence-electron chi connectivity index (χ0n) is 10.1. The molecule has 5 heteroatoms. The van der Waals surface area contributed by atoms with Gasteiger partial charge in [0.1, 0.15) is 5.82 Å². The van der Waals surface area contributed by atoms with Gasteiger partial charge in [0, 0.05) is 0 Å². The van der Waals surface area contributed by atoms with Gasteiger partial charge in [-0.05, 0) is 19.1 Å². The van der Waals surface area contributed by atoms with Crippen molar-refractivity contribution in [3.8, 4) is 0 Å². The predicted octanol–water partition coefficient (Wildman–Crippen LogP) is 1.16. The number of ether oxygens (including phenoxy) is 1. The maximum absolute atomic E-state index is 11.9. The molecule has 2 rings (SSSR count). The van der Waals surface area contributed by atoms with Gasteiger partial charge in [0.15, 0.2) is 0 Å². The third kappa shape index (κ3) is 2.07. The van der Waals surface area contributed by atoms with Crippen molar-refractivity contribution in [2.24, 2.45) is 5.73 Å². The maximum atomic E-state index is 11.9. The van der Waals surface area contributed by atoms with E-state index in [9.17, 15) is 9.59 Å². The Morgan fingerprint density at radius 2 is 2.06 bits per heavy atom. The molecule has 1 amide bonds. The van der Waals surface area contributed by atoms with Gasteiger partial charge in [-0.1, -0.05) is 18.2 Å². The van der Waals surface area contributed by atoms with Crippen molar-refractivity contribution >= 4 is 17.6 Å². The number of nitrogens with zero attached hydrogens (tertiary/aromatic N) is 1. The summed E-state index contributed by atoms with van der Waals surface area (Å²) in [6.45, 7) is 1.97. The zero-order valence-corrected chi connectivity index (χ0v) is 10.1. The molecular weight excluding hydrogens is 232 g/mol. The van der Waals surface area contributed by atoms with E-state index in [1.54, 1.807) is 31.2 Å². The number of anilines is 1. The average molecular weight is 246 g/mol. The second-order valence-electron chi connectivity index (χ2n) is 3.83. The lowest BCUT2D eigenvalue weighted by atomic mass is 10.2. The lowest BCUT2D eigenvalue weighted by molar-refractivity contribution is -0.139. The highest BCUT2D eigenvalue weighted by atomic mass is 16.5. The Morgan fingerprint density at radius 1 is 1.39 bits per heavy atom. The molecule has 94 valence electrons. The van der Waals surface area contributed by atoms with Crippen LogP contribution >= 0.6 is 0 Å². The molecule has 0 radical (unpaired) electrons. The molecule has 0 saturated carbocycles. The molecule has 1 aliphatic rings. The Balaban J connectivity index is 2.33. The monoisotopic (exact) mass is 246 g/mol. The molecule has 0 spiro atoms. The number of carbonyl (C=O) groups is 2. The quantitative estimate of drug-likeness (QED) is 0.812. The summed E-state index contributed by atoms with van der Waals surface area (Å²) < 4.78 is 4.87. The predicted molar refractivity (Wildman–Crippen MR) is 66.4 cm³/mol. The van der Waals surface area contributed by atoms with Crippen molar-refractivity contribution in [2.45, 2.75) is 13.3 Å². The van der Waals surface area contributed by atoms with Gasteiger partial charge in [-0.15, -0.1) is 0 Å². The second-order valence-corrected chi connectivity index (χ2v) is 3.83. The third-order valence-corrected chi connectivity index (χ3v) is 2.66. The van der Waals surface area contributed by atoms with Gasteiger partial charge >= 0.3 is 5.97 Å². The van der Waals surface area contributed by atoms with Gasteiger partial charge in [0.05, 0.1) is 24.3 Å². The van der Waals surface area contributed by atoms with Gasteiger partial charge in [-0.3, -0.25) is 9.69 Å². The summed E-state index contributed by atoms with van der Waals surface area (Å²) in [5.74, 6) is -0.590. The van der Waals surface area contributed by atoms with E-state index in [0.717, 1.165) is 0 Å². The molecule has 0 fully saturated rings. The number of hydrogen-bond donors (Lipinski definition) is 1. The highest BCUT2D eigenvalue weighted by molar-refractivity contribution is 6.08. The van der Waals surface area contributed by atoms with Crippen LogP contribution in [0.15, 0.2) is 41.7 Å². The Labute approximate surface area is 105 Å². The summed E-state index contributed by atoms with van der Waals surface area (Å²) in [5.41, 5.74) is 6.74. The molecule has 2 N–H and O–H groups in total. The number of amides is 1. The minimum absolute atomic E-state index is 0.0143. The fraction of sp³-hybridized carbons (Fsp3) is 0.231. The Bertz CT molecular complexity index is 508. The Kier molecular flexibility index (Phi) is 3.32. The summed E-state index contributed by atoms with van der Waals surface area (Å²) >= 11 is 0. The Morgan fingerprint density at radius 3 is 2.67 bits per heavy atom. The van der Waals surface area contributed by atoms with Gasteiger partial charge in [-0.2, -0.15) is 0 Å². The fourth-order valence-electron chi connectivity index (χ4n) is 1.85. The maximum Gasteiger partial charge on any atom is 0.338 e.